The average molecular weight is 250 g/mol. The van der Waals surface area contributed by atoms with Gasteiger partial charge < -0.3 is 5.32 Å². The number of nitrogens with zero attached hydrogens (tertiary/aromatic N) is 1. The summed E-state index contributed by atoms with van der Waals surface area (Å²) >= 11 is 0. The Labute approximate surface area is 101 Å². The molecule has 0 saturated heterocycles. The van der Waals surface area contributed by atoms with Crippen LogP contribution in [0.1, 0.15) is 15.9 Å². The monoisotopic (exact) mass is 250 g/mol. The van der Waals surface area contributed by atoms with Crippen molar-refractivity contribution in [1.82, 2.24) is 5.32 Å². The largest absolute Gasteiger partial charge is 0.355 e. The van der Waals surface area contributed by atoms with Gasteiger partial charge in [0, 0.05) is 11.7 Å². The second kappa shape index (κ2) is 5.10. The molecular weight excluding hydrogens is 235 g/mol. The van der Waals surface area contributed by atoms with E-state index >= 15 is 0 Å². The van der Waals surface area contributed by atoms with Crippen molar-refractivity contribution in [3.8, 4) is 6.07 Å². The number of carbonyl (C=O) groups excluding carboxylic acids is 1. The first kappa shape index (κ1) is 13.4. The van der Waals surface area contributed by atoms with Crippen molar-refractivity contribution in [3.63, 3.8) is 0 Å². The summed E-state index contributed by atoms with van der Waals surface area (Å²) < 4.78 is 13.1. The first-order valence-corrected chi connectivity index (χ1v) is 9.02. The number of hydrogen-bond donors (Lipinski definition) is 1. The highest BCUT2D eigenvalue weighted by molar-refractivity contribution is 6.76. The Balaban J connectivity index is 2.81. The summed E-state index contributed by atoms with van der Waals surface area (Å²) in [6.07, 6.45) is 0.658. The predicted molar refractivity (Wildman–Crippen MR) is 66.8 cm³/mol. The lowest BCUT2D eigenvalue weighted by Gasteiger charge is -2.16. The van der Waals surface area contributed by atoms with Gasteiger partial charge in [-0.2, -0.15) is 5.26 Å². The van der Waals surface area contributed by atoms with Crippen LogP contribution in [0.25, 0.3) is 0 Å². The molecule has 0 aliphatic rings. The quantitative estimate of drug-likeness (QED) is 0.837. The molecule has 0 saturated carbocycles. The van der Waals surface area contributed by atoms with Gasteiger partial charge in [0.15, 0.2) is 0 Å². The topological polar surface area (TPSA) is 52.9 Å². The van der Waals surface area contributed by atoms with Crippen LogP contribution in [0.2, 0.25) is 19.6 Å². The Morgan fingerprint density at radius 2 is 2.12 bits per heavy atom. The molecule has 0 aliphatic heterocycles. The van der Waals surface area contributed by atoms with Gasteiger partial charge in [0.2, 0.25) is 0 Å². The Morgan fingerprint density at radius 3 is 2.65 bits per heavy atom. The molecule has 0 fully saturated rings. The van der Waals surface area contributed by atoms with Crippen LogP contribution >= 0.6 is 0 Å². The van der Waals surface area contributed by atoms with Gasteiger partial charge in [-0.3, -0.25) is 4.79 Å². The number of amides is 1. The van der Waals surface area contributed by atoms with Crippen LogP contribution in [0.5, 0.6) is 0 Å². The molecular formula is C12H15FN2OSi. The fourth-order valence-electron chi connectivity index (χ4n) is 1.20. The highest BCUT2D eigenvalue weighted by atomic mass is 28.3. The van der Waals surface area contributed by atoms with Gasteiger partial charge in [0.1, 0.15) is 11.9 Å². The molecule has 0 aromatic heterocycles. The van der Waals surface area contributed by atoms with Gasteiger partial charge in [-0.1, -0.05) is 19.6 Å². The summed E-state index contributed by atoms with van der Waals surface area (Å²) in [5.41, 5.74) is 0.215. The molecule has 90 valence electrons. The van der Waals surface area contributed by atoms with Gasteiger partial charge in [-0.05, 0) is 18.2 Å². The van der Waals surface area contributed by atoms with Crippen LogP contribution in [0, 0.1) is 17.1 Å². The Hall–Kier alpha value is -1.67. The molecule has 0 aliphatic carbocycles. The first-order valence-electron chi connectivity index (χ1n) is 5.31. The van der Waals surface area contributed by atoms with Crippen molar-refractivity contribution in [3.05, 3.63) is 35.1 Å². The highest BCUT2D eigenvalue weighted by Gasteiger charge is 2.15. The molecule has 1 aromatic rings. The maximum atomic E-state index is 13.1. The van der Waals surface area contributed by atoms with E-state index in [4.69, 9.17) is 5.26 Å². The van der Waals surface area contributed by atoms with Crippen LogP contribution in [0.15, 0.2) is 18.2 Å². The van der Waals surface area contributed by atoms with Crippen LogP contribution in [-0.4, -0.2) is 20.1 Å². The van der Waals surface area contributed by atoms with Crippen molar-refractivity contribution >= 4 is 14.0 Å². The molecule has 1 amide bonds. The molecule has 3 nitrogen and oxygen atoms in total. The Morgan fingerprint density at radius 1 is 1.47 bits per heavy atom. The first-order chi connectivity index (χ1) is 7.83. The predicted octanol–water partition coefficient (Wildman–Crippen LogP) is 2.30. The molecule has 0 unspecified atom stereocenters. The minimum atomic E-state index is -1.36. The number of nitrogens with one attached hydrogen (secondary N) is 1. The van der Waals surface area contributed by atoms with Gasteiger partial charge in [0.05, 0.1) is 13.6 Å². The van der Waals surface area contributed by atoms with Crippen molar-refractivity contribution in [2.24, 2.45) is 0 Å². The van der Waals surface area contributed by atoms with E-state index in [1.54, 1.807) is 6.07 Å². The Bertz CT molecular complexity index is 474. The third kappa shape index (κ3) is 4.00. The number of nitriles is 1. The summed E-state index contributed by atoms with van der Waals surface area (Å²) in [6, 6.07) is 5.51. The van der Waals surface area contributed by atoms with E-state index in [1.165, 1.54) is 12.1 Å². The number of rotatable bonds is 3. The lowest BCUT2D eigenvalue weighted by molar-refractivity contribution is 0.0959. The van der Waals surface area contributed by atoms with E-state index in [9.17, 15) is 9.18 Å². The van der Waals surface area contributed by atoms with Crippen LogP contribution < -0.4 is 5.32 Å². The zero-order chi connectivity index (χ0) is 13.1. The van der Waals surface area contributed by atoms with E-state index in [-0.39, 0.29) is 11.5 Å². The van der Waals surface area contributed by atoms with E-state index < -0.39 is 13.9 Å². The minimum Gasteiger partial charge on any atom is -0.355 e. The maximum absolute atomic E-state index is 13.1. The standard InChI is InChI=1S/C12H15FN2OSi/c1-17(2,3)8-15-12(16)9-4-5-11(13)10(6-9)7-14/h4-6H,8H2,1-3H3,(H,15,16). The minimum absolute atomic E-state index is 0.106. The number of hydrogen-bond acceptors (Lipinski definition) is 2. The molecule has 0 heterocycles. The smallest absolute Gasteiger partial charge is 0.251 e. The average Bonchev–Trinajstić information content (AvgIpc) is 2.25. The van der Waals surface area contributed by atoms with E-state index in [0.717, 1.165) is 6.07 Å². The summed E-state index contributed by atoms with van der Waals surface area (Å²) in [5, 5.41) is 11.5. The van der Waals surface area contributed by atoms with Crippen molar-refractivity contribution in [2.45, 2.75) is 19.6 Å². The SMILES string of the molecule is C[Si](C)(C)CNC(=O)c1ccc(F)c(C#N)c1. The van der Waals surface area contributed by atoms with Gasteiger partial charge in [0.25, 0.3) is 5.91 Å². The molecule has 0 bridgehead atoms. The van der Waals surface area contributed by atoms with Crippen molar-refractivity contribution < 1.29 is 9.18 Å². The second-order valence-corrected chi connectivity index (χ2v) is 10.5. The summed E-state index contributed by atoms with van der Waals surface area (Å²) in [4.78, 5) is 11.8. The van der Waals surface area contributed by atoms with Crippen LogP contribution in [-0.2, 0) is 0 Å². The van der Waals surface area contributed by atoms with Crippen molar-refractivity contribution in [2.75, 3.05) is 6.17 Å². The lowest BCUT2D eigenvalue weighted by atomic mass is 10.1. The zero-order valence-electron chi connectivity index (χ0n) is 10.2. The zero-order valence-corrected chi connectivity index (χ0v) is 11.2. The lowest BCUT2D eigenvalue weighted by Crippen LogP contribution is -2.39. The van der Waals surface area contributed by atoms with E-state index in [2.05, 4.69) is 25.0 Å². The fraction of sp³-hybridized carbons (Fsp3) is 0.333. The van der Waals surface area contributed by atoms with E-state index in [0.29, 0.717) is 11.7 Å². The highest BCUT2D eigenvalue weighted by Crippen LogP contribution is 2.09. The number of benzene rings is 1. The fourth-order valence-corrected chi connectivity index (χ4v) is 1.89. The molecule has 5 heteroatoms. The number of carbonyl (C=O) groups is 1. The molecule has 17 heavy (non-hydrogen) atoms. The van der Waals surface area contributed by atoms with Gasteiger partial charge in [-0.25, -0.2) is 4.39 Å². The summed E-state index contributed by atoms with van der Waals surface area (Å²) in [6.45, 7) is 6.41. The normalized spacial score (nSPS) is 10.8. The molecule has 0 radical (unpaired) electrons. The summed E-state index contributed by atoms with van der Waals surface area (Å²) in [5.74, 6) is -0.863. The van der Waals surface area contributed by atoms with Crippen LogP contribution in [0.4, 0.5) is 4.39 Å². The van der Waals surface area contributed by atoms with Crippen molar-refractivity contribution in [1.29, 1.82) is 5.26 Å². The molecule has 1 rings (SSSR count). The molecule has 0 spiro atoms. The third-order valence-corrected chi connectivity index (χ3v) is 3.37. The summed E-state index contributed by atoms with van der Waals surface area (Å²) in [7, 11) is -1.36. The third-order valence-electron chi connectivity index (χ3n) is 2.13. The van der Waals surface area contributed by atoms with Gasteiger partial charge in [-0.15, -0.1) is 0 Å². The second-order valence-electron chi connectivity index (χ2n) is 5.05. The molecule has 1 aromatic carbocycles. The maximum Gasteiger partial charge on any atom is 0.251 e. The van der Waals surface area contributed by atoms with Crippen LogP contribution in [0.3, 0.4) is 0 Å². The van der Waals surface area contributed by atoms with Gasteiger partial charge >= 0.3 is 0 Å². The molecule has 0 atom stereocenters. The Kier molecular flexibility index (Phi) is 4.02. The van der Waals surface area contributed by atoms with E-state index in [1.807, 2.05) is 0 Å². The molecule has 1 N–H and O–H groups in total. The number of halogens is 1.